The monoisotopic (exact) mass is 357 g/mol. The summed E-state index contributed by atoms with van der Waals surface area (Å²) in [5, 5.41) is 7.92. The van der Waals surface area contributed by atoms with Crippen LogP contribution in [0.1, 0.15) is 55.1 Å². The van der Waals surface area contributed by atoms with Crippen LogP contribution >= 0.6 is 11.6 Å². The SMILES string of the molecule is Cc1nn(C)c(Cl)c1/C=C/C(=O)NC1CCC(C)(C)c2ccccc21. The molecule has 132 valence electrons. The minimum Gasteiger partial charge on any atom is -0.346 e. The molecule has 0 bridgehead atoms. The lowest BCUT2D eigenvalue weighted by atomic mass is 9.71. The van der Waals surface area contributed by atoms with Gasteiger partial charge in [-0.25, -0.2) is 0 Å². The second-order valence-electron chi connectivity index (χ2n) is 7.32. The van der Waals surface area contributed by atoms with Crippen molar-refractivity contribution < 1.29 is 4.79 Å². The van der Waals surface area contributed by atoms with Crippen molar-refractivity contribution in [1.29, 1.82) is 0 Å². The Bertz CT molecular complexity index is 835. The first-order chi connectivity index (χ1) is 11.8. The van der Waals surface area contributed by atoms with E-state index in [0.717, 1.165) is 24.1 Å². The van der Waals surface area contributed by atoms with Crippen molar-refractivity contribution >= 4 is 23.6 Å². The van der Waals surface area contributed by atoms with Gasteiger partial charge in [-0.1, -0.05) is 49.7 Å². The van der Waals surface area contributed by atoms with E-state index < -0.39 is 0 Å². The van der Waals surface area contributed by atoms with Crippen LogP contribution in [0.15, 0.2) is 30.3 Å². The summed E-state index contributed by atoms with van der Waals surface area (Å²) >= 11 is 6.21. The summed E-state index contributed by atoms with van der Waals surface area (Å²) in [7, 11) is 1.79. The molecule has 0 spiro atoms. The number of amides is 1. The average molecular weight is 358 g/mol. The maximum Gasteiger partial charge on any atom is 0.244 e. The van der Waals surface area contributed by atoms with Crippen LogP contribution < -0.4 is 5.32 Å². The molecule has 1 heterocycles. The standard InChI is InChI=1S/C20H24ClN3O/c1-13-14(19(21)24(4)23-13)9-10-18(25)22-17-11-12-20(2,3)16-8-6-5-7-15(16)17/h5-10,17H,11-12H2,1-4H3,(H,22,25)/b10-9+. The Labute approximate surface area is 153 Å². The van der Waals surface area contributed by atoms with Crippen molar-refractivity contribution in [3.05, 3.63) is 57.9 Å². The van der Waals surface area contributed by atoms with Gasteiger partial charge in [-0.05, 0) is 42.4 Å². The molecule has 0 fully saturated rings. The van der Waals surface area contributed by atoms with Crippen LogP contribution in [0.25, 0.3) is 6.08 Å². The molecule has 0 aliphatic heterocycles. The van der Waals surface area contributed by atoms with Crippen molar-refractivity contribution in [2.45, 2.75) is 45.1 Å². The van der Waals surface area contributed by atoms with E-state index in [0.29, 0.717) is 5.15 Å². The normalized spacial score (nSPS) is 19.0. The van der Waals surface area contributed by atoms with E-state index in [9.17, 15) is 4.79 Å². The van der Waals surface area contributed by atoms with Crippen LogP contribution in [0.2, 0.25) is 5.15 Å². The molecule has 0 saturated heterocycles. The predicted octanol–water partition coefficient (Wildman–Crippen LogP) is 4.32. The molecule has 1 N–H and O–H groups in total. The van der Waals surface area contributed by atoms with E-state index in [4.69, 9.17) is 11.6 Å². The zero-order valence-corrected chi connectivity index (χ0v) is 15.9. The molecule has 1 aliphatic rings. The highest BCUT2D eigenvalue weighted by molar-refractivity contribution is 6.31. The number of fused-ring (bicyclic) bond motifs is 1. The number of hydrogen-bond acceptors (Lipinski definition) is 2. The summed E-state index contributed by atoms with van der Waals surface area (Å²) in [6.07, 6.45) is 5.26. The zero-order valence-electron chi connectivity index (χ0n) is 15.1. The number of carbonyl (C=O) groups excluding carboxylic acids is 1. The van der Waals surface area contributed by atoms with Crippen molar-refractivity contribution in [3.8, 4) is 0 Å². The van der Waals surface area contributed by atoms with Gasteiger partial charge in [0.15, 0.2) is 0 Å². The summed E-state index contributed by atoms with van der Waals surface area (Å²) in [6, 6.07) is 8.44. The lowest BCUT2D eigenvalue weighted by molar-refractivity contribution is -0.117. The number of carbonyl (C=O) groups is 1. The van der Waals surface area contributed by atoms with Crippen molar-refractivity contribution in [2.24, 2.45) is 7.05 Å². The number of rotatable bonds is 3. The smallest absolute Gasteiger partial charge is 0.244 e. The fourth-order valence-corrected chi connectivity index (χ4v) is 3.81. The average Bonchev–Trinajstić information content (AvgIpc) is 2.81. The van der Waals surface area contributed by atoms with Crippen LogP contribution in [0, 0.1) is 6.92 Å². The van der Waals surface area contributed by atoms with Gasteiger partial charge in [0, 0.05) is 18.7 Å². The van der Waals surface area contributed by atoms with Crippen molar-refractivity contribution in [3.63, 3.8) is 0 Å². The highest BCUT2D eigenvalue weighted by Gasteiger charge is 2.32. The third kappa shape index (κ3) is 3.49. The summed E-state index contributed by atoms with van der Waals surface area (Å²) in [6.45, 7) is 6.40. The molecule has 4 nitrogen and oxygen atoms in total. The van der Waals surface area contributed by atoms with Gasteiger partial charge in [-0.2, -0.15) is 5.10 Å². The van der Waals surface area contributed by atoms with Crippen LogP contribution in [0.3, 0.4) is 0 Å². The van der Waals surface area contributed by atoms with Gasteiger partial charge in [0.25, 0.3) is 0 Å². The Balaban J connectivity index is 1.77. The molecule has 1 unspecified atom stereocenters. The molecule has 1 aliphatic carbocycles. The zero-order chi connectivity index (χ0) is 18.2. The summed E-state index contributed by atoms with van der Waals surface area (Å²) in [4.78, 5) is 12.4. The molecule has 25 heavy (non-hydrogen) atoms. The van der Waals surface area contributed by atoms with Crippen LogP contribution in [-0.4, -0.2) is 15.7 Å². The second-order valence-corrected chi connectivity index (χ2v) is 7.68. The van der Waals surface area contributed by atoms with E-state index in [1.807, 2.05) is 13.0 Å². The lowest BCUT2D eigenvalue weighted by Gasteiger charge is -2.37. The number of nitrogens with zero attached hydrogens (tertiary/aromatic N) is 2. The molecule has 1 atom stereocenters. The Hall–Kier alpha value is -2.07. The first-order valence-corrected chi connectivity index (χ1v) is 8.94. The highest BCUT2D eigenvalue weighted by Crippen LogP contribution is 2.41. The summed E-state index contributed by atoms with van der Waals surface area (Å²) in [5.74, 6) is -0.112. The number of aryl methyl sites for hydroxylation is 2. The molecule has 0 saturated carbocycles. The Morgan fingerprint density at radius 2 is 2.12 bits per heavy atom. The fourth-order valence-electron chi connectivity index (χ4n) is 3.58. The van der Waals surface area contributed by atoms with Crippen molar-refractivity contribution in [2.75, 3.05) is 0 Å². The topological polar surface area (TPSA) is 46.9 Å². The third-order valence-corrected chi connectivity index (χ3v) is 5.49. The number of nitrogens with one attached hydrogen (secondary N) is 1. The molecule has 2 aromatic rings. The number of hydrogen-bond donors (Lipinski definition) is 1. The maximum atomic E-state index is 12.4. The van der Waals surface area contributed by atoms with Gasteiger partial charge in [0.05, 0.1) is 11.7 Å². The lowest BCUT2D eigenvalue weighted by Crippen LogP contribution is -2.35. The number of benzene rings is 1. The molecular formula is C20H24ClN3O. The predicted molar refractivity (Wildman–Crippen MR) is 102 cm³/mol. The Kier molecular flexibility index (Phi) is 4.74. The van der Waals surface area contributed by atoms with E-state index in [1.165, 1.54) is 17.2 Å². The summed E-state index contributed by atoms with van der Waals surface area (Å²) in [5.41, 5.74) is 4.28. The van der Waals surface area contributed by atoms with Gasteiger partial charge in [0.1, 0.15) is 5.15 Å². The molecule has 1 aromatic carbocycles. The van der Waals surface area contributed by atoms with Gasteiger partial charge >= 0.3 is 0 Å². The molecular weight excluding hydrogens is 334 g/mol. The van der Waals surface area contributed by atoms with Gasteiger partial charge in [-0.15, -0.1) is 0 Å². The molecule has 1 amide bonds. The first-order valence-electron chi connectivity index (χ1n) is 8.56. The van der Waals surface area contributed by atoms with Crippen LogP contribution in [0.5, 0.6) is 0 Å². The molecule has 0 radical (unpaired) electrons. The molecule has 5 heteroatoms. The Morgan fingerprint density at radius 3 is 2.80 bits per heavy atom. The first kappa shape index (κ1) is 17.7. The third-order valence-electron chi connectivity index (χ3n) is 5.04. The Morgan fingerprint density at radius 1 is 1.40 bits per heavy atom. The minimum atomic E-state index is -0.112. The van der Waals surface area contributed by atoms with E-state index >= 15 is 0 Å². The van der Waals surface area contributed by atoms with Gasteiger partial charge < -0.3 is 5.32 Å². The fraction of sp³-hybridized carbons (Fsp3) is 0.400. The quantitative estimate of drug-likeness (QED) is 0.831. The van der Waals surface area contributed by atoms with Crippen LogP contribution in [-0.2, 0) is 17.3 Å². The van der Waals surface area contributed by atoms with E-state index in [-0.39, 0.29) is 17.4 Å². The second kappa shape index (κ2) is 6.68. The van der Waals surface area contributed by atoms with E-state index in [1.54, 1.807) is 17.8 Å². The highest BCUT2D eigenvalue weighted by atomic mass is 35.5. The molecule has 3 rings (SSSR count). The number of halogens is 1. The van der Waals surface area contributed by atoms with E-state index in [2.05, 4.69) is 42.5 Å². The van der Waals surface area contributed by atoms with Crippen LogP contribution in [0.4, 0.5) is 0 Å². The largest absolute Gasteiger partial charge is 0.346 e. The van der Waals surface area contributed by atoms with Gasteiger partial charge in [0.2, 0.25) is 5.91 Å². The maximum absolute atomic E-state index is 12.4. The van der Waals surface area contributed by atoms with Crippen molar-refractivity contribution in [1.82, 2.24) is 15.1 Å². The minimum absolute atomic E-state index is 0.0480. The van der Waals surface area contributed by atoms with Gasteiger partial charge in [-0.3, -0.25) is 9.48 Å². The number of aromatic nitrogens is 2. The molecule has 1 aromatic heterocycles. The summed E-state index contributed by atoms with van der Waals surface area (Å²) < 4.78 is 1.61.